The van der Waals surface area contributed by atoms with Crippen LogP contribution < -0.4 is 0 Å². The van der Waals surface area contributed by atoms with Gasteiger partial charge < -0.3 is 0 Å². The Bertz CT molecular complexity index is 415. The molecule has 0 aromatic heterocycles. The summed E-state index contributed by atoms with van der Waals surface area (Å²) in [6, 6.07) is 3.20. The second-order valence-electron chi connectivity index (χ2n) is 2.44. The molecule has 0 atom stereocenters. The smallest absolute Gasteiger partial charge is 0.274 e. The molecule has 0 aliphatic rings. The summed E-state index contributed by atoms with van der Waals surface area (Å²) in [6.45, 7) is 0. The van der Waals surface area contributed by atoms with Crippen LogP contribution in [0.15, 0.2) is 18.2 Å². The van der Waals surface area contributed by atoms with E-state index in [0.29, 0.717) is 0 Å². The number of hydrogen-bond donors (Lipinski definition) is 0. The standard InChI is InChI=1S/C8H5ClF3IO/c1-13(14)5-2-3-7(9)6(4-5)8(10,11)12/h2-4H,1H2. The zero-order valence-electron chi connectivity index (χ0n) is 6.74. The third kappa shape index (κ3) is 2.60. The van der Waals surface area contributed by atoms with Crippen molar-refractivity contribution in [2.75, 3.05) is 0 Å². The van der Waals surface area contributed by atoms with Crippen molar-refractivity contribution in [3.05, 3.63) is 32.4 Å². The minimum Gasteiger partial charge on any atom is -0.274 e. The van der Waals surface area contributed by atoms with E-state index >= 15 is 0 Å². The Morgan fingerprint density at radius 2 is 1.93 bits per heavy atom. The van der Waals surface area contributed by atoms with Crippen molar-refractivity contribution < 1.29 is 16.2 Å². The van der Waals surface area contributed by atoms with E-state index in [1.165, 1.54) is 6.07 Å². The van der Waals surface area contributed by atoms with Gasteiger partial charge in [-0.05, 0) is 22.7 Å². The Labute approximate surface area is 90.1 Å². The summed E-state index contributed by atoms with van der Waals surface area (Å²) in [5, 5.41) is -0.390. The van der Waals surface area contributed by atoms with Gasteiger partial charge in [-0.15, -0.1) is 0 Å². The molecule has 0 bridgehead atoms. The molecule has 0 spiro atoms. The van der Waals surface area contributed by atoms with E-state index in [2.05, 4.69) is 4.51 Å². The quantitative estimate of drug-likeness (QED) is 0.713. The van der Waals surface area contributed by atoms with Gasteiger partial charge in [0.2, 0.25) is 0 Å². The fourth-order valence-electron chi connectivity index (χ4n) is 0.846. The van der Waals surface area contributed by atoms with E-state index in [9.17, 15) is 16.2 Å². The molecule has 1 nitrogen and oxygen atoms in total. The highest BCUT2D eigenvalue weighted by Crippen LogP contribution is 2.36. The molecule has 6 heteroatoms. The lowest BCUT2D eigenvalue weighted by molar-refractivity contribution is -0.137. The molecular weight excluding hydrogens is 331 g/mol. The molecule has 78 valence electrons. The molecule has 0 radical (unpaired) electrons. The van der Waals surface area contributed by atoms with Gasteiger partial charge in [0.25, 0.3) is 0 Å². The molecule has 0 N–H and O–H groups in total. The molecule has 0 heterocycles. The predicted molar refractivity (Wildman–Crippen MR) is 57.0 cm³/mol. The number of alkyl halides is 3. The van der Waals surface area contributed by atoms with Crippen molar-refractivity contribution >= 4 is 35.4 Å². The molecule has 0 aliphatic carbocycles. The van der Waals surface area contributed by atoms with E-state index in [4.69, 9.17) is 11.6 Å². The summed E-state index contributed by atoms with van der Waals surface area (Å²) >= 11 is 2.49. The molecule has 0 amide bonds. The van der Waals surface area contributed by atoms with Gasteiger partial charge in [0.05, 0.1) is 10.6 Å². The van der Waals surface area contributed by atoms with Crippen molar-refractivity contribution in [1.29, 1.82) is 0 Å². The average molecular weight is 336 g/mol. The monoisotopic (exact) mass is 336 g/mol. The Hall–Kier alpha value is -0.300. The van der Waals surface area contributed by atoms with Crippen LogP contribution in [0.1, 0.15) is 5.56 Å². The summed E-state index contributed by atoms with van der Waals surface area (Å²) in [7, 11) is 0. The fraction of sp³-hybridized carbons (Fsp3) is 0.125. The molecule has 0 saturated heterocycles. The van der Waals surface area contributed by atoms with E-state index in [-0.39, 0.29) is 8.59 Å². The first kappa shape index (κ1) is 11.8. The van der Waals surface area contributed by atoms with Crippen LogP contribution >= 0.6 is 30.9 Å². The van der Waals surface area contributed by atoms with Gasteiger partial charge in [0, 0.05) is 3.57 Å². The van der Waals surface area contributed by atoms with Crippen molar-refractivity contribution in [2.24, 2.45) is 0 Å². The summed E-state index contributed by atoms with van der Waals surface area (Å²) < 4.78 is 51.2. The van der Waals surface area contributed by atoms with Crippen LogP contribution in [0.2, 0.25) is 5.02 Å². The molecule has 0 aliphatic heterocycles. The first-order valence-corrected chi connectivity index (χ1v) is 7.22. The predicted octanol–water partition coefficient (Wildman–Crippen LogP) is 3.81. The molecular formula is C8H5ClF3IO. The SMILES string of the molecule is C=I(=O)c1ccc(Cl)c(C(F)(F)F)c1. The molecule has 14 heavy (non-hydrogen) atoms. The Morgan fingerprint density at radius 3 is 2.36 bits per heavy atom. The highest BCUT2D eigenvalue weighted by atomic mass is 127. The van der Waals surface area contributed by atoms with Gasteiger partial charge in [0.1, 0.15) is 19.3 Å². The molecule has 0 saturated carbocycles. The summed E-state index contributed by atoms with van der Waals surface area (Å²) in [4.78, 5) is 0. The lowest BCUT2D eigenvalue weighted by Gasteiger charge is -2.08. The number of hydrogen-bond acceptors (Lipinski definition) is 1. The molecule has 1 rings (SSSR count). The maximum atomic E-state index is 12.3. The van der Waals surface area contributed by atoms with Crippen LogP contribution in [0.4, 0.5) is 13.2 Å². The summed E-state index contributed by atoms with van der Waals surface area (Å²) in [5.74, 6) is 0. The third-order valence-electron chi connectivity index (χ3n) is 1.48. The lowest BCUT2D eigenvalue weighted by Crippen LogP contribution is -2.06. The van der Waals surface area contributed by atoms with Gasteiger partial charge in [-0.25, -0.2) is 0 Å². The number of rotatable bonds is 1. The lowest BCUT2D eigenvalue weighted by atomic mass is 10.2. The van der Waals surface area contributed by atoms with Gasteiger partial charge in [-0.1, -0.05) is 11.6 Å². The van der Waals surface area contributed by atoms with Gasteiger partial charge in [-0.2, -0.15) is 13.2 Å². The maximum Gasteiger partial charge on any atom is 0.417 e. The maximum absolute atomic E-state index is 12.3. The van der Waals surface area contributed by atoms with Gasteiger partial charge in [0.15, 0.2) is 0 Å². The molecule has 0 fully saturated rings. The molecule has 1 aromatic rings. The summed E-state index contributed by atoms with van der Waals surface area (Å²) in [5.41, 5.74) is -0.960. The van der Waals surface area contributed by atoms with Crippen LogP contribution in [0.25, 0.3) is 0 Å². The van der Waals surface area contributed by atoms with Crippen LogP contribution in [0.3, 0.4) is 0 Å². The van der Waals surface area contributed by atoms with Crippen molar-refractivity contribution in [1.82, 2.24) is 0 Å². The number of benzene rings is 1. The van der Waals surface area contributed by atoms with E-state index < -0.39 is 31.1 Å². The minimum atomic E-state index is -4.51. The Kier molecular flexibility index (Phi) is 3.41. The van der Waals surface area contributed by atoms with Crippen LogP contribution in [-0.4, -0.2) is 4.51 Å². The van der Waals surface area contributed by atoms with Crippen molar-refractivity contribution in [2.45, 2.75) is 6.18 Å². The second-order valence-corrected chi connectivity index (χ2v) is 5.92. The van der Waals surface area contributed by atoms with Crippen LogP contribution in [0, 0.1) is 3.57 Å². The van der Waals surface area contributed by atoms with Crippen molar-refractivity contribution in [3.63, 3.8) is 0 Å². The second kappa shape index (κ2) is 4.06. The molecule has 0 unspecified atom stereocenters. The zero-order chi connectivity index (χ0) is 10.9. The summed E-state index contributed by atoms with van der Waals surface area (Å²) in [6.07, 6.45) is -4.51. The number of halogens is 5. The van der Waals surface area contributed by atoms with E-state index in [1.807, 2.05) is 0 Å². The highest BCUT2D eigenvalue weighted by Gasteiger charge is 2.33. The van der Waals surface area contributed by atoms with Gasteiger partial charge in [-0.3, -0.25) is 3.07 Å². The zero-order valence-corrected chi connectivity index (χ0v) is 9.65. The van der Waals surface area contributed by atoms with E-state index in [0.717, 1.165) is 12.1 Å². The third-order valence-corrected chi connectivity index (χ3v) is 3.87. The average Bonchev–Trinajstić information content (AvgIpc) is 2.02. The largest absolute Gasteiger partial charge is 0.417 e. The first-order chi connectivity index (χ1) is 6.32. The first-order valence-electron chi connectivity index (χ1n) is 3.35. The molecule has 1 aromatic carbocycles. The van der Waals surface area contributed by atoms with Gasteiger partial charge >= 0.3 is 6.18 Å². The Balaban J connectivity index is 3.36. The van der Waals surface area contributed by atoms with Crippen molar-refractivity contribution in [3.8, 4) is 0 Å². The minimum absolute atomic E-state index is 0.130. The Morgan fingerprint density at radius 1 is 1.36 bits per heavy atom. The topological polar surface area (TPSA) is 17.1 Å². The fourth-order valence-corrected chi connectivity index (χ4v) is 2.31. The normalized spacial score (nSPS) is 12.1. The van der Waals surface area contributed by atoms with Crippen LogP contribution in [0.5, 0.6) is 0 Å². The van der Waals surface area contributed by atoms with E-state index in [1.54, 1.807) is 0 Å². The van der Waals surface area contributed by atoms with Crippen LogP contribution in [-0.2, 0) is 9.25 Å². The highest BCUT2D eigenvalue weighted by molar-refractivity contribution is 14.2.